The molecule has 0 aromatic carbocycles. The van der Waals surface area contributed by atoms with Crippen LogP contribution >= 0.6 is 27.5 Å². The van der Waals surface area contributed by atoms with Crippen LogP contribution in [0.15, 0.2) is 4.47 Å². The maximum absolute atomic E-state index is 6.05. The van der Waals surface area contributed by atoms with Crippen molar-refractivity contribution in [1.29, 1.82) is 0 Å². The van der Waals surface area contributed by atoms with Crippen molar-refractivity contribution < 1.29 is 4.74 Å². The number of aryl methyl sites for hydroxylation is 1. The summed E-state index contributed by atoms with van der Waals surface area (Å²) < 4.78 is 6.16. The van der Waals surface area contributed by atoms with Crippen LogP contribution in [0.3, 0.4) is 0 Å². The van der Waals surface area contributed by atoms with Crippen molar-refractivity contribution in [3.63, 3.8) is 0 Å². The lowest BCUT2D eigenvalue weighted by Crippen LogP contribution is -2.09. The summed E-state index contributed by atoms with van der Waals surface area (Å²) in [5, 5.41) is 0.458. The van der Waals surface area contributed by atoms with E-state index in [0.29, 0.717) is 11.0 Å². The van der Waals surface area contributed by atoms with E-state index in [1.54, 1.807) is 7.11 Å². The van der Waals surface area contributed by atoms with Crippen LogP contribution in [0.2, 0.25) is 5.15 Å². The molecule has 0 N–H and O–H groups in total. The largest absolute Gasteiger partial charge is 0.373 e. The van der Waals surface area contributed by atoms with Crippen molar-refractivity contribution in [1.82, 2.24) is 9.97 Å². The van der Waals surface area contributed by atoms with Crippen LogP contribution in [0.1, 0.15) is 44.3 Å². The number of halogens is 2. The predicted octanol–water partition coefficient (Wildman–Crippen LogP) is 3.94. The van der Waals surface area contributed by atoms with Gasteiger partial charge < -0.3 is 4.74 Å². The minimum absolute atomic E-state index is 0.0686. The molecule has 0 aliphatic carbocycles. The predicted molar refractivity (Wildman–Crippen MR) is 68.8 cm³/mol. The summed E-state index contributed by atoms with van der Waals surface area (Å²) in [5.74, 6) is 0.675. The number of nitrogens with zero attached hydrogens (tertiary/aromatic N) is 2. The van der Waals surface area contributed by atoms with Crippen molar-refractivity contribution in [2.75, 3.05) is 7.11 Å². The topological polar surface area (TPSA) is 35.0 Å². The van der Waals surface area contributed by atoms with Gasteiger partial charge in [0.1, 0.15) is 11.3 Å². The Labute approximate surface area is 110 Å². The average molecular weight is 308 g/mol. The van der Waals surface area contributed by atoms with Crippen molar-refractivity contribution in [3.8, 4) is 0 Å². The SMILES string of the molecule is CCCC(OC)c1nc(Cl)c(Br)c(CC)n1. The van der Waals surface area contributed by atoms with Gasteiger partial charge in [-0.05, 0) is 28.8 Å². The molecule has 1 aromatic rings. The Balaban J connectivity index is 3.08. The Morgan fingerprint density at radius 2 is 2.06 bits per heavy atom. The molecular formula is C11H16BrClN2O. The molecule has 0 saturated carbocycles. The minimum atomic E-state index is -0.0686. The highest BCUT2D eigenvalue weighted by Crippen LogP contribution is 2.27. The molecule has 0 radical (unpaired) electrons. The van der Waals surface area contributed by atoms with E-state index in [1.165, 1.54) is 0 Å². The van der Waals surface area contributed by atoms with Crippen LogP contribution in [-0.4, -0.2) is 17.1 Å². The molecule has 0 aliphatic rings. The quantitative estimate of drug-likeness (QED) is 0.773. The molecule has 0 saturated heterocycles. The number of ether oxygens (including phenoxy) is 1. The first-order chi connectivity index (χ1) is 7.63. The van der Waals surface area contributed by atoms with Crippen LogP contribution in [0, 0.1) is 0 Å². The average Bonchev–Trinajstić information content (AvgIpc) is 2.29. The number of hydrogen-bond acceptors (Lipinski definition) is 3. The van der Waals surface area contributed by atoms with Gasteiger partial charge in [-0.15, -0.1) is 0 Å². The summed E-state index contributed by atoms with van der Waals surface area (Å²) in [6.45, 7) is 4.14. The molecule has 16 heavy (non-hydrogen) atoms. The third-order valence-corrected chi connectivity index (χ3v) is 3.69. The van der Waals surface area contributed by atoms with Gasteiger partial charge in [-0.2, -0.15) is 0 Å². The van der Waals surface area contributed by atoms with Gasteiger partial charge in [-0.25, -0.2) is 9.97 Å². The molecule has 1 heterocycles. The summed E-state index contributed by atoms with van der Waals surface area (Å²) >= 11 is 9.43. The fourth-order valence-electron chi connectivity index (χ4n) is 1.47. The first kappa shape index (κ1) is 13.9. The van der Waals surface area contributed by atoms with Gasteiger partial charge in [-0.3, -0.25) is 0 Å². The van der Waals surface area contributed by atoms with Crippen LogP contribution in [0.25, 0.3) is 0 Å². The van der Waals surface area contributed by atoms with E-state index in [4.69, 9.17) is 16.3 Å². The van der Waals surface area contributed by atoms with Gasteiger partial charge in [0.25, 0.3) is 0 Å². The molecule has 5 heteroatoms. The van der Waals surface area contributed by atoms with E-state index in [2.05, 4.69) is 32.8 Å². The smallest absolute Gasteiger partial charge is 0.159 e. The highest BCUT2D eigenvalue weighted by Gasteiger charge is 2.16. The van der Waals surface area contributed by atoms with E-state index in [-0.39, 0.29) is 6.10 Å². The number of hydrogen-bond donors (Lipinski definition) is 0. The first-order valence-corrected chi connectivity index (χ1v) is 6.55. The molecule has 1 aromatic heterocycles. The maximum Gasteiger partial charge on any atom is 0.159 e. The number of methoxy groups -OCH3 is 1. The summed E-state index contributed by atoms with van der Waals surface area (Å²) in [7, 11) is 1.67. The molecule has 0 spiro atoms. The van der Waals surface area contributed by atoms with Crippen molar-refractivity contribution in [2.24, 2.45) is 0 Å². The standard InChI is InChI=1S/C11H16BrClN2O/c1-4-6-8(16-3)11-14-7(5-2)9(12)10(13)15-11/h8H,4-6H2,1-3H3. The summed E-state index contributed by atoms with van der Waals surface area (Å²) in [4.78, 5) is 8.73. The lowest BCUT2D eigenvalue weighted by molar-refractivity contribution is 0.0874. The van der Waals surface area contributed by atoms with Crippen LogP contribution in [-0.2, 0) is 11.2 Å². The molecule has 3 nitrogen and oxygen atoms in total. The summed E-state index contributed by atoms with van der Waals surface area (Å²) in [6.07, 6.45) is 2.67. The monoisotopic (exact) mass is 306 g/mol. The zero-order chi connectivity index (χ0) is 12.1. The normalized spacial score (nSPS) is 12.8. The molecule has 0 fully saturated rings. The minimum Gasteiger partial charge on any atom is -0.373 e. The van der Waals surface area contributed by atoms with E-state index in [9.17, 15) is 0 Å². The molecule has 0 bridgehead atoms. The maximum atomic E-state index is 6.05. The zero-order valence-electron chi connectivity index (χ0n) is 9.76. The lowest BCUT2D eigenvalue weighted by atomic mass is 10.2. The first-order valence-electron chi connectivity index (χ1n) is 5.38. The van der Waals surface area contributed by atoms with Crippen molar-refractivity contribution in [3.05, 3.63) is 21.1 Å². The highest BCUT2D eigenvalue weighted by molar-refractivity contribution is 9.10. The molecule has 1 unspecified atom stereocenters. The Kier molecular flexibility index (Phi) is 5.66. The van der Waals surface area contributed by atoms with Gasteiger partial charge in [0.15, 0.2) is 5.82 Å². The van der Waals surface area contributed by atoms with Gasteiger partial charge in [0, 0.05) is 7.11 Å². The van der Waals surface area contributed by atoms with Gasteiger partial charge in [-0.1, -0.05) is 31.9 Å². The van der Waals surface area contributed by atoms with E-state index in [0.717, 1.165) is 29.4 Å². The molecule has 1 rings (SSSR count). The van der Waals surface area contributed by atoms with Gasteiger partial charge >= 0.3 is 0 Å². The van der Waals surface area contributed by atoms with Crippen LogP contribution in [0.5, 0.6) is 0 Å². The molecule has 90 valence electrons. The second-order valence-electron chi connectivity index (χ2n) is 3.50. The Hall–Kier alpha value is -0.190. The van der Waals surface area contributed by atoms with Crippen LogP contribution < -0.4 is 0 Å². The zero-order valence-corrected chi connectivity index (χ0v) is 12.1. The Morgan fingerprint density at radius 3 is 2.56 bits per heavy atom. The van der Waals surface area contributed by atoms with Crippen molar-refractivity contribution in [2.45, 2.75) is 39.2 Å². The van der Waals surface area contributed by atoms with Gasteiger partial charge in [0.2, 0.25) is 0 Å². The van der Waals surface area contributed by atoms with E-state index in [1.807, 2.05) is 6.92 Å². The van der Waals surface area contributed by atoms with E-state index >= 15 is 0 Å². The van der Waals surface area contributed by atoms with Crippen molar-refractivity contribution >= 4 is 27.5 Å². The summed E-state index contributed by atoms with van der Waals surface area (Å²) in [6, 6.07) is 0. The summed E-state index contributed by atoms with van der Waals surface area (Å²) in [5.41, 5.74) is 0.924. The molecule has 0 aliphatic heterocycles. The fourth-order valence-corrected chi connectivity index (χ4v) is 2.13. The molecular weight excluding hydrogens is 291 g/mol. The fraction of sp³-hybridized carbons (Fsp3) is 0.636. The third-order valence-electron chi connectivity index (χ3n) is 2.35. The lowest BCUT2D eigenvalue weighted by Gasteiger charge is -2.14. The Bertz CT molecular complexity index is 360. The second kappa shape index (κ2) is 6.52. The number of aromatic nitrogens is 2. The third kappa shape index (κ3) is 3.15. The number of rotatable bonds is 5. The second-order valence-corrected chi connectivity index (χ2v) is 4.65. The van der Waals surface area contributed by atoms with E-state index < -0.39 is 0 Å². The Morgan fingerprint density at radius 1 is 1.38 bits per heavy atom. The highest BCUT2D eigenvalue weighted by atomic mass is 79.9. The van der Waals surface area contributed by atoms with Gasteiger partial charge in [0.05, 0.1) is 10.2 Å². The molecule has 0 amide bonds. The van der Waals surface area contributed by atoms with Crippen LogP contribution in [0.4, 0.5) is 0 Å². The molecule has 1 atom stereocenters.